The van der Waals surface area contributed by atoms with Gasteiger partial charge < -0.3 is 14.2 Å². The molecule has 0 fully saturated rings. The normalized spacial score (nSPS) is 12.3. The fraction of sp³-hybridized carbons (Fsp3) is 0.838. The first-order valence-corrected chi connectivity index (χ1v) is 32.6. The maximum Gasteiger partial charge on any atom is 0.306 e. The summed E-state index contributed by atoms with van der Waals surface area (Å²) in [5.41, 5.74) is 0. The highest BCUT2D eigenvalue weighted by Crippen LogP contribution is 2.17. The van der Waals surface area contributed by atoms with Crippen LogP contribution in [0.2, 0.25) is 0 Å². The number of ether oxygens (including phenoxy) is 3. The lowest BCUT2D eigenvalue weighted by molar-refractivity contribution is -0.167. The van der Waals surface area contributed by atoms with Crippen LogP contribution in [0.4, 0.5) is 0 Å². The first kappa shape index (κ1) is 71.4. The van der Waals surface area contributed by atoms with Crippen LogP contribution in [-0.4, -0.2) is 37.2 Å². The molecular weight excluding hydrogens is 913 g/mol. The molecule has 0 rings (SSSR count). The monoisotopic (exact) mass is 1040 g/mol. The fourth-order valence-electron chi connectivity index (χ4n) is 9.62. The molecule has 0 bridgehead atoms. The lowest BCUT2D eigenvalue weighted by Crippen LogP contribution is -2.30. The molecule has 1 unspecified atom stereocenters. The zero-order valence-electron chi connectivity index (χ0n) is 49.6. The van der Waals surface area contributed by atoms with Gasteiger partial charge in [-0.1, -0.05) is 294 Å². The van der Waals surface area contributed by atoms with E-state index in [1.165, 1.54) is 225 Å². The number of carbonyl (C=O) groups is 3. The third-order valence-corrected chi connectivity index (χ3v) is 14.6. The van der Waals surface area contributed by atoms with Gasteiger partial charge in [-0.2, -0.15) is 0 Å². The van der Waals surface area contributed by atoms with Gasteiger partial charge in [0.25, 0.3) is 0 Å². The molecule has 74 heavy (non-hydrogen) atoms. The minimum absolute atomic E-state index is 0.0762. The Morgan fingerprint density at radius 2 is 0.486 bits per heavy atom. The molecule has 6 nitrogen and oxygen atoms in total. The summed E-state index contributed by atoms with van der Waals surface area (Å²) in [6.07, 6.45) is 78.3. The van der Waals surface area contributed by atoms with E-state index >= 15 is 0 Å². The van der Waals surface area contributed by atoms with Gasteiger partial charge in [-0.25, -0.2) is 0 Å². The molecule has 6 heteroatoms. The van der Waals surface area contributed by atoms with Crippen molar-refractivity contribution in [1.29, 1.82) is 0 Å². The fourth-order valence-corrected chi connectivity index (χ4v) is 9.62. The van der Waals surface area contributed by atoms with Gasteiger partial charge in [0, 0.05) is 19.3 Å². The molecule has 0 aromatic rings. The van der Waals surface area contributed by atoms with E-state index in [1.807, 2.05) is 0 Å². The topological polar surface area (TPSA) is 78.9 Å². The Kier molecular flexibility index (Phi) is 60.7. The Morgan fingerprint density at radius 1 is 0.270 bits per heavy atom. The average Bonchev–Trinajstić information content (AvgIpc) is 3.40. The Labute approximate surface area is 460 Å². The quantitative estimate of drug-likeness (QED) is 0.0261. The van der Waals surface area contributed by atoms with E-state index < -0.39 is 6.10 Å². The van der Waals surface area contributed by atoms with Crippen LogP contribution in [0.1, 0.15) is 348 Å². The number of hydrogen-bond acceptors (Lipinski definition) is 6. The van der Waals surface area contributed by atoms with E-state index in [0.29, 0.717) is 19.3 Å². The van der Waals surface area contributed by atoms with Crippen molar-refractivity contribution in [2.75, 3.05) is 13.2 Å². The van der Waals surface area contributed by atoms with E-state index in [-0.39, 0.29) is 31.1 Å². The number of hydrogen-bond donors (Lipinski definition) is 0. The summed E-state index contributed by atoms with van der Waals surface area (Å²) in [5, 5.41) is 0. The third-order valence-electron chi connectivity index (χ3n) is 14.6. The Balaban J connectivity index is 4.34. The first-order valence-electron chi connectivity index (χ1n) is 32.6. The summed E-state index contributed by atoms with van der Waals surface area (Å²) in [4.78, 5) is 38.3. The van der Waals surface area contributed by atoms with Crippen molar-refractivity contribution in [2.45, 2.75) is 354 Å². The molecule has 0 aliphatic heterocycles. The number of rotatable bonds is 60. The van der Waals surface area contributed by atoms with Gasteiger partial charge in [-0.15, -0.1) is 0 Å². The molecule has 0 heterocycles. The Bertz CT molecular complexity index is 1280. The Hall–Kier alpha value is -2.63. The lowest BCUT2D eigenvalue weighted by atomic mass is 10.0. The molecule has 432 valence electrons. The summed E-state index contributed by atoms with van der Waals surface area (Å²) in [6, 6.07) is 0. The molecule has 0 radical (unpaired) electrons. The van der Waals surface area contributed by atoms with Crippen LogP contribution in [0.5, 0.6) is 0 Å². The second-order valence-electron chi connectivity index (χ2n) is 22.0. The first-order chi connectivity index (χ1) is 36.5. The molecule has 1 atom stereocenters. The molecule has 0 aliphatic rings. The molecule has 0 N–H and O–H groups in total. The van der Waals surface area contributed by atoms with Gasteiger partial charge >= 0.3 is 17.9 Å². The van der Waals surface area contributed by atoms with Gasteiger partial charge in [-0.3, -0.25) is 14.4 Å². The molecular formula is C68H124O6. The van der Waals surface area contributed by atoms with Crippen LogP contribution in [-0.2, 0) is 28.6 Å². The summed E-state index contributed by atoms with van der Waals surface area (Å²) in [5.74, 6) is -0.868. The van der Waals surface area contributed by atoms with Gasteiger partial charge in [0.1, 0.15) is 13.2 Å². The smallest absolute Gasteiger partial charge is 0.306 e. The molecule has 0 aromatic heterocycles. The van der Waals surface area contributed by atoms with E-state index in [1.54, 1.807) is 0 Å². The molecule has 0 saturated carbocycles. The van der Waals surface area contributed by atoms with E-state index in [2.05, 4.69) is 69.4 Å². The number of allylic oxidation sites excluding steroid dienone is 8. The third kappa shape index (κ3) is 60.2. The van der Waals surface area contributed by atoms with Crippen molar-refractivity contribution in [3.63, 3.8) is 0 Å². The van der Waals surface area contributed by atoms with Crippen molar-refractivity contribution >= 4 is 17.9 Å². The highest BCUT2D eigenvalue weighted by molar-refractivity contribution is 5.71. The van der Waals surface area contributed by atoms with Crippen molar-refractivity contribution in [3.05, 3.63) is 48.6 Å². The zero-order valence-corrected chi connectivity index (χ0v) is 49.6. The predicted octanol–water partition coefficient (Wildman–Crippen LogP) is 22.2. The van der Waals surface area contributed by atoms with E-state index in [9.17, 15) is 14.4 Å². The van der Waals surface area contributed by atoms with Crippen molar-refractivity contribution in [1.82, 2.24) is 0 Å². The maximum absolute atomic E-state index is 12.9. The van der Waals surface area contributed by atoms with Gasteiger partial charge in [-0.05, 0) is 83.5 Å². The maximum atomic E-state index is 12.9. The van der Waals surface area contributed by atoms with Crippen LogP contribution in [0.25, 0.3) is 0 Å². The summed E-state index contributed by atoms with van der Waals surface area (Å²) in [6.45, 7) is 6.67. The van der Waals surface area contributed by atoms with Crippen LogP contribution < -0.4 is 0 Å². The average molecular weight is 1040 g/mol. The van der Waals surface area contributed by atoms with Crippen LogP contribution in [0.15, 0.2) is 48.6 Å². The lowest BCUT2D eigenvalue weighted by Gasteiger charge is -2.18. The highest BCUT2D eigenvalue weighted by atomic mass is 16.6. The van der Waals surface area contributed by atoms with Crippen LogP contribution in [0, 0.1) is 0 Å². The zero-order chi connectivity index (χ0) is 53.6. The highest BCUT2D eigenvalue weighted by Gasteiger charge is 2.19. The van der Waals surface area contributed by atoms with Gasteiger partial charge in [0.2, 0.25) is 0 Å². The van der Waals surface area contributed by atoms with Crippen LogP contribution >= 0.6 is 0 Å². The minimum Gasteiger partial charge on any atom is -0.462 e. The largest absolute Gasteiger partial charge is 0.462 e. The van der Waals surface area contributed by atoms with E-state index in [0.717, 1.165) is 83.5 Å². The van der Waals surface area contributed by atoms with Gasteiger partial charge in [0.15, 0.2) is 6.10 Å². The van der Waals surface area contributed by atoms with Gasteiger partial charge in [0.05, 0.1) is 0 Å². The summed E-state index contributed by atoms with van der Waals surface area (Å²) in [7, 11) is 0. The summed E-state index contributed by atoms with van der Waals surface area (Å²) < 4.78 is 16.9. The second-order valence-corrected chi connectivity index (χ2v) is 22.0. The number of unbranched alkanes of at least 4 members (excludes halogenated alkanes) is 41. The number of esters is 3. The molecule has 0 aliphatic carbocycles. The van der Waals surface area contributed by atoms with Crippen molar-refractivity contribution in [2.24, 2.45) is 0 Å². The van der Waals surface area contributed by atoms with Crippen LogP contribution in [0.3, 0.4) is 0 Å². The SMILES string of the molecule is CCCCCCC/C=C\C/C=C\C/C=C\CCCCCCCCCCC(=O)OCC(COC(=O)CCCCCCC/C=C\CCCCCCCCC)OC(=O)CCCCCCCCCCCCCCCCCCC. The van der Waals surface area contributed by atoms with E-state index in [4.69, 9.17) is 14.2 Å². The predicted molar refractivity (Wildman–Crippen MR) is 321 cm³/mol. The van der Waals surface area contributed by atoms with Crippen molar-refractivity contribution in [3.8, 4) is 0 Å². The second kappa shape index (κ2) is 62.9. The standard InChI is InChI=1S/C68H124O6/c1-4-7-10-13-16-19-22-25-28-31-32-33-34-35-36-38-40-43-46-49-52-55-58-61-67(70)73-64-65(63-72-66(69)60-57-54-51-48-45-42-39-30-27-24-21-18-15-12-9-6-3)74-68(71)62-59-56-53-50-47-44-41-37-29-26-23-20-17-14-11-8-5-2/h22,25,30-32,34-35,39,65H,4-21,23-24,26-29,33,36-38,40-64H2,1-3H3/b25-22-,32-31-,35-34-,39-30-. The van der Waals surface area contributed by atoms with Crippen molar-refractivity contribution < 1.29 is 28.6 Å². The number of carbonyl (C=O) groups excluding carboxylic acids is 3. The minimum atomic E-state index is -0.778. The molecule has 0 aromatic carbocycles. The summed E-state index contributed by atoms with van der Waals surface area (Å²) >= 11 is 0. The Morgan fingerprint density at radius 3 is 0.770 bits per heavy atom. The molecule has 0 spiro atoms. The molecule has 0 amide bonds. The molecule has 0 saturated heterocycles.